The summed E-state index contributed by atoms with van der Waals surface area (Å²) in [6.07, 6.45) is -5.73. The highest BCUT2D eigenvalue weighted by Crippen LogP contribution is 2.32. The molecule has 0 aliphatic heterocycles. The fourth-order valence-corrected chi connectivity index (χ4v) is 1.72. The first-order chi connectivity index (χ1) is 9.96. The predicted octanol–water partition coefficient (Wildman–Crippen LogP) is 3.70. The summed E-state index contributed by atoms with van der Waals surface area (Å²) in [7, 11) is 0. The maximum Gasteiger partial charge on any atom is 0.573 e. The lowest BCUT2D eigenvalue weighted by Crippen LogP contribution is -2.18. The maximum absolute atomic E-state index is 12.3. The van der Waals surface area contributed by atoms with Crippen LogP contribution in [0.2, 0.25) is 0 Å². The topological polar surface area (TPSA) is 38.7 Å². The van der Waals surface area contributed by atoms with Gasteiger partial charge in [-0.3, -0.25) is 0 Å². The number of halogens is 3. The van der Waals surface area contributed by atoms with Gasteiger partial charge < -0.3 is 14.6 Å². The average Bonchev–Trinajstić information content (AvgIpc) is 2.45. The van der Waals surface area contributed by atoms with E-state index >= 15 is 0 Å². The molecule has 0 aromatic heterocycles. The van der Waals surface area contributed by atoms with Gasteiger partial charge in [-0.15, -0.1) is 13.2 Å². The van der Waals surface area contributed by atoms with Gasteiger partial charge >= 0.3 is 6.36 Å². The van der Waals surface area contributed by atoms with Crippen LogP contribution in [0.1, 0.15) is 11.7 Å². The van der Waals surface area contributed by atoms with Gasteiger partial charge in [0.2, 0.25) is 0 Å². The van der Waals surface area contributed by atoms with E-state index < -0.39 is 18.2 Å². The Morgan fingerprint density at radius 3 is 2.10 bits per heavy atom. The van der Waals surface area contributed by atoms with Gasteiger partial charge in [0, 0.05) is 0 Å². The van der Waals surface area contributed by atoms with Crippen molar-refractivity contribution in [2.45, 2.75) is 12.5 Å². The zero-order valence-corrected chi connectivity index (χ0v) is 10.9. The van der Waals surface area contributed by atoms with E-state index in [2.05, 4.69) is 4.74 Å². The molecule has 0 bridgehead atoms. The lowest BCUT2D eigenvalue weighted by atomic mass is 10.1. The lowest BCUT2D eigenvalue weighted by Gasteiger charge is -2.16. The maximum atomic E-state index is 12.3. The van der Waals surface area contributed by atoms with E-state index in [1.54, 1.807) is 30.3 Å². The molecule has 0 spiro atoms. The van der Waals surface area contributed by atoms with E-state index in [0.29, 0.717) is 5.56 Å². The summed E-state index contributed by atoms with van der Waals surface area (Å²) in [6.45, 7) is -0.178. The molecule has 112 valence electrons. The smallest absolute Gasteiger partial charge is 0.487 e. The van der Waals surface area contributed by atoms with Crippen LogP contribution < -0.4 is 9.47 Å². The normalized spacial score (nSPS) is 12.8. The molecule has 6 heteroatoms. The van der Waals surface area contributed by atoms with Crippen LogP contribution in [-0.2, 0) is 0 Å². The predicted molar refractivity (Wildman–Crippen MR) is 70.0 cm³/mol. The minimum atomic E-state index is -4.79. The number of rotatable bonds is 5. The largest absolute Gasteiger partial charge is 0.573 e. The minimum Gasteiger partial charge on any atom is -0.487 e. The van der Waals surface area contributed by atoms with Gasteiger partial charge in [0.1, 0.15) is 12.7 Å². The molecule has 0 heterocycles. The highest BCUT2D eigenvalue weighted by atomic mass is 19.4. The molecule has 3 nitrogen and oxygen atoms in total. The van der Waals surface area contributed by atoms with E-state index in [4.69, 9.17) is 4.74 Å². The molecule has 2 rings (SSSR count). The summed E-state index contributed by atoms with van der Waals surface area (Å²) < 4.78 is 45.9. The third-order valence-electron chi connectivity index (χ3n) is 2.66. The van der Waals surface area contributed by atoms with E-state index in [9.17, 15) is 18.3 Å². The fourth-order valence-electron chi connectivity index (χ4n) is 1.72. The Morgan fingerprint density at radius 1 is 0.905 bits per heavy atom. The second-order valence-electron chi connectivity index (χ2n) is 4.23. The molecular formula is C15H13F3O3. The van der Waals surface area contributed by atoms with Crippen molar-refractivity contribution in [3.8, 4) is 11.5 Å². The highest BCUT2D eigenvalue weighted by Gasteiger charge is 2.32. The molecule has 2 aromatic rings. The Morgan fingerprint density at radius 2 is 1.48 bits per heavy atom. The van der Waals surface area contributed by atoms with Crippen molar-refractivity contribution in [2.75, 3.05) is 6.61 Å². The number of para-hydroxylation sites is 2. The lowest BCUT2D eigenvalue weighted by molar-refractivity contribution is -0.275. The Bertz CT molecular complexity index is 570. The third kappa shape index (κ3) is 4.68. The number of alkyl halides is 3. The summed E-state index contributed by atoms with van der Waals surface area (Å²) in [6, 6.07) is 14.1. The van der Waals surface area contributed by atoms with Crippen molar-refractivity contribution in [1.29, 1.82) is 0 Å². The van der Waals surface area contributed by atoms with Gasteiger partial charge in [-0.05, 0) is 17.7 Å². The van der Waals surface area contributed by atoms with Crippen LogP contribution >= 0.6 is 0 Å². The fraction of sp³-hybridized carbons (Fsp3) is 0.200. The molecule has 1 atom stereocenters. The van der Waals surface area contributed by atoms with Crippen molar-refractivity contribution in [3.63, 3.8) is 0 Å². The SMILES string of the molecule is OC(COc1ccccc1OC(F)(F)F)c1ccccc1. The summed E-state index contributed by atoms with van der Waals surface area (Å²) in [5.74, 6) is -0.518. The molecule has 1 N–H and O–H groups in total. The van der Waals surface area contributed by atoms with Crippen LogP contribution in [0, 0.1) is 0 Å². The molecule has 2 aromatic carbocycles. The van der Waals surface area contributed by atoms with Crippen molar-refractivity contribution in [3.05, 3.63) is 60.2 Å². The van der Waals surface area contributed by atoms with Crippen molar-refractivity contribution < 1.29 is 27.8 Å². The molecule has 0 amide bonds. The van der Waals surface area contributed by atoms with Gasteiger partial charge in [0.15, 0.2) is 11.5 Å². The van der Waals surface area contributed by atoms with Crippen molar-refractivity contribution in [2.24, 2.45) is 0 Å². The number of aliphatic hydroxyl groups is 1. The average molecular weight is 298 g/mol. The second-order valence-corrected chi connectivity index (χ2v) is 4.23. The van der Waals surface area contributed by atoms with E-state index in [0.717, 1.165) is 6.07 Å². The molecule has 21 heavy (non-hydrogen) atoms. The first-order valence-electron chi connectivity index (χ1n) is 6.16. The molecule has 0 saturated carbocycles. The molecule has 0 aliphatic rings. The molecule has 0 radical (unpaired) electrons. The van der Waals surface area contributed by atoms with Crippen LogP contribution in [0.15, 0.2) is 54.6 Å². The van der Waals surface area contributed by atoms with Gasteiger partial charge in [-0.25, -0.2) is 0 Å². The Hall–Kier alpha value is -2.21. The third-order valence-corrected chi connectivity index (χ3v) is 2.66. The zero-order valence-electron chi connectivity index (χ0n) is 10.9. The second kappa shape index (κ2) is 6.49. The van der Waals surface area contributed by atoms with Gasteiger partial charge in [0.05, 0.1) is 0 Å². The number of aliphatic hydroxyl groups excluding tert-OH is 1. The minimum absolute atomic E-state index is 0.0789. The summed E-state index contributed by atoms with van der Waals surface area (Å²) in [5, 5.41) is 9.92. The van der Waals surface area contributed by atoms with Crippen molar-refractivity contribution >= 4 is 0 Å². The Balaban J connectivity index is 2.03. The van der Waals surface area contributed by atoms with Crippen LogP contribution in [0.5, 0.6) is 11.5 Å². The Labute approximate surface area is 119 Å². The summed E-state index contributed by atoms with van der Waals surface area (Å²) >= 11 is 0. The number of benzene rings is 2. The van der Waals surface area contributed by atoms with Crippen LogP contribution in [0.25, 0.3) is 0 Å². The molecule has 1 unspecified atom stereocenters. The van der Waals surface area contributed by atoms with Crippen LogP contribution in [0.4, 0.5) is 13.2 Å². The molecule has 0 fully saturated rings. The van der Waals surface area contributed by atoms with Gasteiger partial charge in [0.25, 0.3) is 0 Å². The van der Waals surface area contributed by atoms with Crippen LogP contribution in [0.3, 0.4) is 0 Å². The molecule has 0 saturated heterocycles. The Kier molecular flexibility index (Phi) is 4.70. The van der Waals surface area contributed by atoms with Gasteiger partial charge in [-0.1, -0.05) is 42.5 Å². The number of hydrogen-bond donors (Lipinski definition) is 1. The van der Waals surface area contributed by atoms with E-state index in [1.807, 2.05) is 0 Å². The van der Waals surface area contributed by atoms with E-state index in [-0.39, 0.29) is 12.4 Å². The molecule has 0 aliphatic carbocycles. The highest BCUT2D eigenvalue weighted by molar-refractivity contribution is 5.39. The quantitative estimate of drug-likeness (QED) is 0.914. The first kappa shape index (κ1) is 15.2. The number of ether oxygens (including phenoxy) is 2. The monoisotopic (exact) mass is 298 g/mol. The zero-order chi connectivity index (χ0) is 15.3. The standard InChI is InChI=1S/C15H13F3O3/c16-15(17,18)21-14-9-5-4-8-13(14)20-10-12(19)11-6-2-1-3-7-11/h1-9,12,19H,10H2. The molecular weight excluding hydrogens is 285 g/mol. The van der Waals surface area contributed by atoms with Crippen molar-refractivity contribution in [1.82, 2.24) is 0 Å². The van der Waals surface area contributed by atoms with E-state index in [1.165, 1.54) is 18.2 Å². The first-order valence-corrected chi connectivity index (χ1v) is 6.16. The van der Waals surface area contributed by atoms with Gasteiger partial charge in [-0.2, -0.15) is 0 Å². The number of hydrogen-bond acceptors (Lipinski definition) is 3. The summed E-state index contributed by atoms with van der Waals surface area (Å²) in [4.78, 5) is 0. The summed E-state index contributed by atoms with van der Waals surface area (Å²) in [5.41, 5.74) is 0.617. The van der Waals surface area contributed by atoms with Crippen LogP contribution in [-0.4, -0.2) is 18.1 Å².